The van der Waals surface area contributed by atoms with Crippen LogP contribution in [0.4, 0.5) is 5.69 Å². The minimum Gasteiger partial charge on any atom is -0.497 e. The van der Waals surface area contributed by atoms with Crippen molar-refractivity contribution in [3.63, 3.8) is 0 Å². The monoisotopic (exact) mass is 292 g/mol. The molecule has 0 bridgehead atoms. The Labute approximate surface area is 123 Å². The van der Waals surface area contributed by atoms with E-state index in [9.17, 15) is 14.7 Å². The Kier molecular flexibility index (Phi) is 4.18. The van der Waals surface area contributed by atoms with Crippen molar-refractivity contribution in [2.45, 2.75) is 31.3 Å². The van der Waals surface area contributed by atoms with Crippen LogP contribution in [0.25, 0.3) is 0 Å². The zero-order chi connectivity index (χ0) is 15.6. The van der Waals surface area contributed by atoms with E-state index in [1.54, 1.807) is 39.2 Å². The highest BCUT2D eigenvalue weighted by atomic mass is 16.5. The van der Waals surface area contributed by atoms with Crippen LogP contribution in [0.1, 0.15) is 25.3 Å². The molecule has 0 spiro atoms. The Morgan fingerprint density at radius 2 is 2.24 bits per heavy atom. The van der Waals surface area contributed by atoms with E-state index in [2.05, 4.69) is 10.6 Å². The molecule has 1 aliphatic rings. The van der Waals surface area contributed by atoms with Crippen molar-refractivity contribution in [2.75, 3.05) is 19.0 Å². The van der Waals surface area contributed by atoms with Gasteiger partial charge in [0, 0.05) is 5.69 Å². The molecule has 0 aromatic heterocycles. The van der Waals surface area contributed by atoms with Crippen LogP contribution in [0.2, 0.25) is 0 Å². The van der Waals surface area contributed by atoms with E-state index in [4.69, 9.17) is 4.74 Å². The third-order valence-corrected chi connectivity index (χ3v) is 3.57. The molecular weight excluding hydrogens is 272 g/mol. The largest absolute Gasteiger partial charge is 0.497 e. The number of amides is 1. The fourth-order valence-corrected chi connectivity index (χ4v) is 2.34. The lowest BCUT2D eigenvalue weighted by atomic mass is 9.95. The second kappa shape index (κ2) is 5.73. The summed E-state index contributed by atoms with van der Waals surface area (Å²) in [6, 6.07) is 4.63. The minimum absolute atomic E-state index is 0.183. The Balaban J connectivity index is 2.24. The summed E-state index contributed by atoms with van der Waals surface area (Å²) >= 11 is 0. The average Bonchev–Trinajstić information content (AvgIpc) is 2.84. The highest BCUT2D eigenvalue weighted by Crippen LogP contribution is 2.37. The predicted octanol–water partition coefficient (Wildman–Crippen LogP) is 0.659. The van der Waals surface area contributed by atoms with Gasteiger partial charge < -0.3 is 25.3 Å². The Bertz CT molecular complexity index is 557. The molecule has 2 rings (SSSR count). The van der Waals surface area contributed by atoms with Gasteiger partial charge in [0.15, 0.2) is 0 Å². The number of rotatable bonds is 5. The fourth-order valence-electron chi connectivity index (χ4n) is 2.34. The topological polar surface area (TPSA) is 87.7 Å². The van der Waals surface area contributed by atoms with Crippen molar-refractivity contribution < 1.29 is 19.4 Å². The standard InChI is InChI=1S/C15H20N2O4/c1-15(2,8-19)17-14(20)13-11(7-18)10-6-9(21-3)4-5-12(10)16-13/h4-7,11,13,16,19H,8H2,1-3H3,(H,17,20). The lowest BCUT2D eigenvalue weighted by Crippen LogP contribution is -2.52. The van der Waals surface area contributed by atoms with Crippen LogP contribution in [-0.4, -0.2) is 42.6 Å². The molecule has 6 heteroatoms. The fraction of sp³-hybridized carbons (Fsp3) is 0.467. The Hall–Kier alpha value is -2.08. The van der Waals surface area contributed by atoms with Crippen LogP contribution in [-0.2, 0) is 9.59 Å². The second-order valence-corrected chi connectivity index (χ2v) is 5.77. The van der Waals surface area contributed by atoms with Crippen LogP contribution in [0.5, 0.6) is 5.75 Å². The quantitative estimate of drug-likeness (QED) is 0.694. The summed E-state index contributed by atoms with van der Waals surface area (Å²) in [5.74, 6) is -0.259. The number of benzene rings is 1. The zero-order valence-electron chi connectivity index (χ0n) is 12.3. The number of ether oxygens (including phenoxy) is 1. The molecule has 1 amide bonds. The lowest BCUT2D eigenvalue weighted by molar-refractivity contribution is -0.125. The number of carbonyl (C=O) groups excluding carboxylic acids is 2. The summed E-state index contributed by atoms with van der Waals surface area (Å²) < 4.78 is 5.15. The number of hydrogen-bond donors (Lipinski definition) is 3. The maximum absolute atomic E-state index is 12.3. The average molecular weight is 292 g/mol. The number of aldehydes is 1. The van der Waals surface area contributed by atoms with Crippen molar-refractivity contribution in [1.82, 2.24) is 5.32 Å². The van der Waals surface area contributed by atoms with Gasteiger partial charge in [-0.25, -0.2) is 0 Å². The molecule has 0 aliphatic carbocycles. The molecule has 21 heavy (non-hydrogen) atoms. The molecule has 1 heterocycles. The van der Waals surface area contributed by atoms with E-state index >= 15 is 0 Å². The van der Waals surface area contributed by atoms with Crippen LogP contribution in [0.15, 0.2) is 18.2 Å². The summed E-state index contributed by atoms with van der Waals surface area (Å²) in [5.41, 5.74) is 0.750. The number of anilines is 1. The van der Waals surface area contributed by atoms with Crippen LogP contribution < -0.4 is 15.4 Å². The van der Waals surface area contributed by atoms with Gasteiger partial charge in [-0.05, 0) is 37.6 Å². The molecule has 3 N–H and O–H groups in total. The molecule has 0 radical (unpaired) electrons. The Morgan fingerprint density at radius 3 is 2.81 bits per heavy atom. The molecule has 1 aromatic carbocycles. The molecule has 2 atom stereocenters. The first-order valence-electron chi connectivity index (χ1n) is 6.74. The van der Waals surface area contributed by atoms with Crippen molar-refractivity contribution >= 4 is 17.9 Å². The maximum Gasteiger partial charge on any atom is 0.244 e. The Morgan fingerprint density at radius 1 is 1.52 bits per heavy atom. The molecular formula is C15H20N2O4. The van der Waals surface area contributed by atoms with Gasteiger partial charge >= 0.3 is 0 Å². The number of nitrogens with one attached hydrogen (secondary N) is 2. The summed E-state index contributed by atoms with van der Waals surface area (Å²) in [7, 11) is 1.55. The van der Waals surface area contributed by atoms with Gasteiger partial charge in [-0.15, -0.1) is 0 Å². The maximum atomic E-state index is 12.3. The number of aliphatic hydroxyl groups excluding tert-OH is 1. The van der Waals surface area contributed by atoms with Crippen LogP contribution >= 0.6 is 0 Å². The molecule has 1 aromatic rings. The first-order valence-corrected chi connectivity index (χ1v) is 6.74. The summed E-state index contributed by atoms with van der Waals surface area (Å²) in [6.45, 7) is 3.25. The van der Waals surface area contributed by atoms with Gasteiger partial charge in [0.05, 0.1) is 25.2 Å². The van der Waals surface area contributed by atoms with Crippen molar-refractivity contribution in [3.05, 3.63) is 23.8 Å². The molecule has 6 nitrogen and oxygen atoms in total. The van der Waals surface area contributed by atoms with Gasteiger partial charge in [0.25, 0.3) is 0 Å². The molecule has 0 saturated carbocycles. The molecule has 1 aliphatic heterocycles. The molecule has 2 unspecified atom stereocenters. The second-order valence-electron chi connectivity index (χ2n) is 5.77. The van der Waals surface area contributed by atoms with Gasteiger partial charge in [0.1, 0.15) is 18.1 Å². The van der Waals surface area contributed by atoms with Crippen molar-refractivity contribution in [3.8, 4) is 5.75 Å². The van der Waals surface area contributed by atoms with Crippen molar-refractivity contribution in [1.29, 1.82) is 0 Å². The first-order chi connectivity index (χ1) is 9.91. The minimum atomic E-state index is -0.737. The van der Waals surface area contributed by atoms with E-state index in [0.717, 1.165) is 17.5 Å². The highest BCUT2D eigenvalue weighted by Gasteiger charge is 2.38. The highest BCUT2D eigenvalue weighted by molar-refractivity contribution is 5.94. The van der Waals surface area contributed by atoms with Gasteiger partial charge in [-0.2, -0.15) is 0 Å². The summed E-state index contributed by atoms with van der Waals surface area (Å²) in [5, 5.41) is 15.0. The number of methoxy groups -OCH3 is 1. The number of fused-ring (bicyclic) bond motifs is 1. The number of aliphatic hydroxyl groups is 1. The van der Waals surface area contributed by atoms with Crippen LogP contribution in [0, 0.1) is 0 Å². The van der Waals surface area contributed by atoms with E-state index < -0.39 is 17.5 Å². The predicted molar refractivity (Wildman–Crippen MR) is 78.5 cm³/mol. The number of carbonyl (C=O) groups is 2. The summed E-state index contributed by atoms with van der Waals surface area (Å²) in [4.78, 5) is 23.7. The lowest BCUT2D eigenvalue weighted by Gasteiger charge is -2.26. The van der Waals surface area contributed by atoms with E-state index in [1.165, 1.54) is 0 Å². The normalized spacial score (nSPS) is 20.4. The van der Waals surface area contributed by atoms with E-state index in [0.29, 0.717) is 5.75 Å². The third-order valence-electron chi connectivity index (χ3n) is 3.57. The molecule has 0 fully saturated rings. The molecule has 114 valence electrons. The third kappa shape index (κ3) is 3.00. The van der Waals surface area contributed by atoms with Gasteiger partial charge in [0.2, 0.25) is 5.91 Å². The number of hydrogen-bond acceptors (Lipinski definition) is 5. The smallest absolute Gasteiger partial charge is 0.244 e. The first kappa shape index (κ1) is 15.3. The van der Waals surface area contributed by atoms with Crippen molar-refractivity contribution in [2.24, 2.45) is 0 Å². The van der Waals surface area contributed by atoms with Gasteiger partial charge in [-0.1, -0.05) is 0 Å². The summed E-state index contributed by atoms with van der Waals surface area (Å²) in [6.07, 6.45) is 0.758. The zero-order valence-corrected chi connectivity index (χ0v) is 12.3. The van der Waals surface area contributed by atoms with Gasteiger partial charge in [-0.3, -0.25) is 4.79 Å². The van der Waals surface area contributed by atoms with E-state index in [1.807, 2.05) is 0 Å². The van der Waals surface area contributed by atoms with E-state index in [-0.39, 0.29) is 12.5 Å². The SMILES string of the molecule is COc1ccc2c(c1)C(C=O)C(C(=O)NC(C)(C)CO)N2. The molecule has 0 saturated heterocycles. The van der Waals surface area contributed by atoms with Crippen LogP contribution in [0.3, 0.4) is 0 Å².